The van der Waals surface area contributed by atoms with Crippen LogP contribution in [0.2, 0.25) is 0 Å². The molecule has 0 bridgehead atoms. The summed E-state index contributed by atoms with van der Waals surface area (Å²) in [4.78, 5) is 12.3. The van der Waals surface area contributed by atoms with E-state index in [2.05, 4.69) is 15.5 Å². The summed E-state index contributed by atoms with van der Waals surface area (Å²) in [7, 11) is 0. The van der Waals surface area contributed by atoms with E-state index in [4.69, 9.17) is 4.74 Å². The Morgan fingerprint density at radius 3 is 2.75 bits per heavy atom. The van der Waals surface area contributed by atoms with E-state index in [1.165, 1.54) is 0 Å². The molecule has 0 aliphatic carbocycles. The molecule has 1 heterocycles. The number of hydrogen-bond donors (Lipinski definition) is 2. The van der Waals surface area contributed by atoms with Gasteiger partial charge in [0, 0.05) is 23.6 Å². The third-order valence-corrected chi connectivity index (χ3v) is 3.08. The predicted octanol–water partition coefficient (Wildman–Crippen LogP) is 2.82. The lowest BCUT2D eigenvalue weighted by Gasteiger charge is -2.11. The van der Waals surface area contributed by atoms with Crippen LogP contribution in [-0.2, 0) is 11.3 Å². The summed E-state index contributed by atoms with van der Waals surface area (Å²) in [6, 6.07) is 7.63. The van der Waals surface area contributed by atoms with Crippen LogP contribution in [-0.4, -0.2) is 22.7 Å². The van der Waals surface area contributed by atoms with E-state index in [0.717, 1.165) is 16.9 Å². The van der Waals surface area contributed by atoms with E-state index in [1.54, 1.807) is 0 Å². The van der Waals surface area contributed by atoms with Crippen molar-refractivity contribution in [2.24, 2.45) is 0 Å². The Morgan fingerprint density at radius 2 is 2.10 bits per heavy atom. The normalized spacial score (nSPS) is 10.6. The minimum absolute atomic E-state index is 0.155. The van der Waals surface area contributed by atoms with E-state index >= 15 is 0 Å². The molecule has 0 aliphatic rings. The molecule has 0 radical (unpaired) electrons. The number of anilines is 1. The van der Waals surface area contributed by atoms with Crippen LogP contribution in [0.4, 0.5) is 5.69 Å². The van der Waals surface area contributed by atoms with Gasteiger partial charge in [0.05, 0.1) is 17.9 Å². The Hall–Kier alpha value is -2.14. The largest absolute Gasteiger partial charge is 0.377 e. The molecule has 1 aromatic carbocycles. The molecule has 5 heteroatoms. The van der Waals surface area contributed by atoms with Crippen LogP contribution >= 0.6 is 0 Å². The molecule has 0 aliphatic heterocycles. The quantitative estimate of drug-likeness (QED) is 0.880. The lowest BCUT2D eigenvalue weighted by atomic mass is 10.1. The minimum atomic E-state index is -0.155. The van der Waals surface area contributed by atoms with Crippen molar-refractivity contribution in [3.05, 3.63) is 46.8 Å². The van der Waals surface area contributed by atoms with E-state index in [-0.39, 0.29) is 5.91 Å². The fraction of sp³-hybridized carbons (Fsp3) is 0.333. The van der Waals surface area contributed by atoms with Crippen molar-refractivity contribution in [3.8, 4) is 0 Å². The van der Waals surface area contributed by atoms with Gasteiger partial charge in [-0.05, 0) is 26.8 Å². The van der Waals surface area contributed by atoms with Gasteiger partial charge in [0.2, 0.25) is 0 Å². The van der Waals surface area contributed by atoms with Gasteiger partial charge in [0.1, 0.15) is 0 Å². The molecule has 0 spiro atoms. The monoisotopic (exact) mass is 273 g/mol. The maximum Gasteiger partial charge on any atom is 0.259 e. The minimum Gasteiger partial charge on any atom is -0.377 e. The summed E-state index contributed by atoms with van der Waals surface area (Å²) in [5.41, 5.74) is 3.79. The van der Waals surface area contributed by atoms with E-state index in [9.17, 15) is 4.79 Å². The molecule has 106 valence electrons. The number of para-hydroxylation sites is 1. The number of rotatable bonds is 5. The number of nitrogens with one attached hydrogen (secondary N) is 2. The Morgan fingerprint density at radius 1 is 1.35 bits per heavy atom. The van der Waals surface area contributed by atoms with Gasteiger partial charge >= 0.3 is 0 Å². The average Bonchev–Trinajstić information content (AvgIpc) is 2.77. The molecule has 2 N–H and O–H groups in total. The molecule has 0 atom stereocenters. The average molecular weight is 273 g/mol. The number of nitrogens with zero attached hydrogens (tertiary/aromatic N) is 1. The van der Waals surface area contributed by atoms with Crippen molar-refractivity contribution in [3.63, 3.8) is 0 Å². The topological polar surface area (TPSA) is 67.0 Å². The summed E-state index contributed by atoms with van der Waals surface area (Å²) in [6.07, 6.45) is 0. The van der Waals surface area contributed by atoms with Crippen molar-refractivity contribution < 1.29 is 9.53 Å². The Bertz CT molecular complexity index is 585. The number of aromatic amines is 1. The Kier molecular flexibility index (Phi) is 4.53. The highest BCUT2D eigenvalue weighted by molar-refractivity contribution is 6.06. The molecule has 0 saturated carbocycles. The van der Waals surface area contributed by atoms with Crippen LogP contribution in [0.5, 0.6) is 0 Å². The lowest BCUT2D eigenvalue weighted by molar-refractivity contribution is 0.102. The fourth-order valence-corrected chi connectivity index (χ4v) is 2.05. The number of aryl methyl sites for hydroxylation is 2. The highest BCUT2D eigenvalue weighted by Crippen LogP contribution is 2.18. The highest BCUT2D eigenvalue weighted by atomic mass is 16.5. The SMILES string of the molecule is CCOCc1ccccc1NC(=O)c1c(C)n[nH]c1C. The Labute approximate surface area is 118 Å². The van der Waals surface area contributed by atoms with Crippen LogP contribution in [0.15, 0.2) is 24.3 Å². The summed E-state index contributed by atoms with van der Waals surface area (Å²) >= 11 is 0. The first-order valence-electron chi connectivity index (χ1n) is 6.62. The zero-order chi connectivity index (χ0) is 14.5. The molecular weight excluding hydrogens is 254 g/mol. The van der Waals surface area contributed by atoms with Crippen LogP contribution < -0.4 is 5.32 Å². The molecule has 2 rings (SSSR count). The molecule has 0 fully saturated rings. The first-order valence-corrected chi connectivity index (χ1v) is 6.62. The molecule has 1 amide bonds. The standard InChI is InChI=1S/C15H19N3O2/c1-4-20-9-12-7-5-6-8-13(12)16-15(19)14-10(2)17-18-11(14)3/h5-8H,4,9H2,1-3H3,(H,16,19)(H,17,18). The van der Waals surface area contributed by atoms with Gasteiger partial charge in [-0.2, -0.15) is 5.10 Å². The third-order valence-electron chi connectivity index (χ3n) is 3.08. The van der Waals surface area contributed by atoms with Crippen molar-refractivity contribution in [2.45, 2.75) is 27.4 Å². The second-order valence-electron chi connectivity index (χ2n) is 4.56. The Balaban J connectivity index is 2.20. The summed E-state index contributed by atoms with van der Waals surface area (Å²) in [5, 5.41) is 9.78. The maximum absolute atomic E-state index is 12.3. The molecular formula is C15H19N3O2. The number of carbonyl (C=O) groups excluding carboxylic acids is 1. The molecule has 5 nitrogen and oxygen atoms in total. The van der Waals surface area contributed by atoms with Gasteiger partial charge in [-0.1, -0.05) is 18.2 Å². The third kappa shape index (κ3) is 3.05. The molecule has 0 saturated heterocycles. The van der Waals surface area contributed by atoms with Crippen LogP contribution in [0, 0.1) is 13.8 Å². The summed E-state index contributed by atoms with van der Waals surface area (Å²) in [5.74, 6) is -0.155. The molecule has 2 aromatic rings. The van der Waals surface area contributed by atoms with Gasteiger partial charge < -0.3 is 10.1 Å². The van der Waals surface area contributed by atoms with Crippen LogP contribution in [0.25, 0.3) is 0 Å². The second-order valence-corrected chi connectivity index (χ2v) is 4.56. The van der Waals surface area contributed by atoms with Crippen LogP contribution in [0.1, 0.15) is 34.2 Å². The zero-order valence-corrected chi connectivity index (χ0v) is 12.0. The lowest BCUT2D eigenvalue weighted by Crippen LogP contribution is -2.15. The van der Waals surface area contributed by atoms with Crippen molar-refractivity contribution in [1.82, 2.24) is 10.2 Å². The van der Waals surface area contributed by atoms with Gasteiger partial charge in [0.15, 0.2) is 0 Å². The van der Waals surface area contributed by atoms with E-state index < -0.39 is 0 Å². The number of carbonyl (C=O) groups is 1. The summed E-state index contributed by atoms with van der Waals surface area (Å²) in [6.45, 7) is 6.71. The van der Waals surface area contributed by atoms with Gasteiger partial charge in [0.25, 0.3) is 5.91 Å². The molecule has 0 unspecified atom stereocenters. The number of amides is 1. The number of hydrogen-bond acceptors (Lipinski definition) is 3. The molecule has 20 heavy (non-hydrogen) atoms. The fourth-order valence-electron chi connectivity index (χ4n) is 2.05. The first kappa shape index (κ1) is 14.3. The first-order chi connectivity index (χ1) is 9.63. The van der Waals surface area contributed by atoms with Gasteiger partial charge in [-0.3, -0.25) is 9.89 Å². The maximum atomic E-state index is 12.3. The summed E-state index contributed by atoms with van der Waals surface area (Å²) < 4.78 is 5.41. The van der Waals surface area contributed by atoms with Gasteiger partial charge in [-0.25, -0.2) is 0 Å². The van der Waals surface area contributed by atoms with Crippen molar-refractivity contribution in [1.29, 1.82) is 0 Å². The number of aromatic nitrogens is 2. The van der Waals surface area contributed by atoms with E-state index in [1.807, 2.05) is 45.0 Å². The number of H-pyrrole nitrogens is 1. The smallest absolute Gasteiger partial charge is 0.259 e. The zero-order valence-electron chi connectivity index (χ0n) is 12.0. The van der Waals surface area contributed by atoms with E-state index in [0.29, 0.717) is 24.5 Å². The highest BCUT2D eigenvalue weighted by Gasteiger charge is 2.16. The number of ether oxygens (including phenoxy) is 1. The number of benzene rings is 1. The second kappa shape index (κ2) is 6.34. The van der Waals surface area contributed by atoms with Crippen molar-refractivity contribution in [2.75, 3.05) is 11.9 Å². The van der Waals surface area contributed by atoms with Gasteiger partial charge in [-0.15, -0.1) is 0 Å². The molecule has 1 aromatic heterocycles. The predicted molar refractivity (Wildman–Crippen MR) is 77.8 cm³/mol. The van der Waals surface area contributed by atoms with Crippen LogP contribution in [0.3, 0.4) is 0 Å². The van der Waals surface area contributed by atoms with Crippen molar-refractivity contribution >= 4 is 11.6 Å².